The minimum Gasteiger partial charge on any atom is -0.322 e. The second kappa shape index (κ2) is 7.96. The molecule has 0 bridgehead atoms. The predicted octanol–water partition coefficient (Wildman–Crippen LogP) is 4.44. The molecule has 0 radical (unpaired) electrons. The van der Waals surface area contributed by atoms with Gasteiger partial charge in [-0.05, 0) is 54.6 Å². The number of nitrogens with one attached hydrogen (secondary N) is 2. The van der Waals surface area contributed by atoms with E-state index in [1.807, 2.05) is 0 Å². The van der Waals surface area contributed by atoms with Crippen molar-refractivity contribution >= 4 is 50.5 Å². The summed E-state index contributed by atoms with van der Waals surface area (Å²) in [6.07, 6.45) is 3.13. The number of halogens is 2. The second-order valence-electron chi connectivity index (χ2n) is 5.45. The van der Waals surface area contributed by atoms with Crippen molar-refractivity contribution in [2.24, 2.45) is 0 Å². The molecule has 0 fully saturated rings. The van der Waals surface area contributed by atoms with E-state index in [-0.39, 0.29) is 26.5 Å². The molecule has 0 saturated carbocycles. The van der Waals surface area contributed by atoms with Crippen LogP contribution in [0.1, 0.15) is 10.4 Å². The van der Waals surface area contributed by atoms with Gasteiger partial charge in [0, 0.05) is 34.4 Å². The zero-order chi connectivity index (χ0) is 19.4. The number of hydrogen-bond donors (Lipinski definition) is 2. The lowest BCUT2D eigenvalue weighted by Gasteiger charge is -2.10. The Morgan fingerprint density at radius 2 is 1.56 bits per heavy atom. The van der Waals surface area contributed by atoms with E-state index in [9.17, 15) is 13.2 Å². The molecule has 0 atom stereocenters. The minimum atomic E-state index is -3.92. The van der Waals surface area contributed by atoms with E-state index in [4.69, 9.17) is 23.2 Å². The third-order valence-electron chi connectivity index (χ3n) is 3.52. The summed E-state index contributed by atoms with van der Waals surface area (Å²) >= 11 is 11.8. The molecule has 0 saturated heterocycles. The number of amides is 1. The first-order chi connectivity index (χ1) is 12.8. The smallest absolute Gasteiger partial charge is 0.263 e. The molecule has 6 nitrogen and oxygen atoms in total. The van der Waals surface area contributed by atoms with Crippen LogP contribution in [0.2, 0.25) is 10.0 Å². The Morgan fingerprint density at radius 1 is 0.889 bits per heavy atom. The molecule has 3 rings (SSSR count). The highest BCUT2D eigenvalue weighted by Gasteiger charge is 2.19. The Labute approximate surface area is 166 Å². The summed E-state index contributed by atoms with van der Waals surface area (Å²) in [6.45, 7) is 0. The summed E-state index contributed by atoms with van der Waals surface area (Å²) in [6, 6.07) is 13.5. The Hall–Kier alpha value is -2.61. The standard InChI is InChI=1S/C18H13Cl2N3O3S/c19-13-3-6-16(20)17(11-13)27(25,26)23-15-4-1-12(2-5-15)18(24)22-14-7-9-21-10-8-14/h1-11,23H,(H,21,22,24). The van der Waals surface area contributed by atoms with Crippen LogP contribution in [0.15, 0.2) is 71.9 Å². The molecule has 0 spiro atoms. The zero-order valence-corrected chi connectivity index (χ0v) is 16.0. The van der Waals surface area contributed by atoms with Crippen molar-refractivity contribution in [3.05, 3.63) is 82.6 Å². The van der Waals surface area contributed by atoms with Crippen LogP contribution in [-0.2, 0) is 10.0 Å². The molecule has 0 aliphatic rings. The van der Waals surface area contributed by atoms with Crippen LogP contribution in [0.5, 0.6) is 0 Å². The van der Waals surface area contributed by atoms with Gasteiger partial charge in [-0.15, -0.1) is 0 Å². The van der Waals surface area contributed by atoms with Gasteiger partial charge in [0.05, 0.1) is 5.02 Å². The lowest BCUT2D eigenvalue weighted by Crippen LogP contribution is -2.14. The normalized spacial score (nSPS) is 11.0. The molecule has 1 heterocycles. The van der Waals surface area contributed by atoms with E-state index in [1.54, 1.807) is 24.5 Å². The van der Waals surface area contributed by atoms with Gasteiger partial charge in [0.15, 0.2) is 0 Å². The van der Waals surface area contributed by atoms with Crippen LogP contribution in [0.3, 0.4) is 0 Å². The first kappa shape index (κ1) is 19.2. The third-order valence-corrected chi connectivity index (χ3v) is 5.62. The number of carbonyl (C=O) groups is 1. The van der Waals surface area contributed by atoms with Crippen molar-refractivity contribution in [1.29, 1.82) is 0 Å². The summed E-state index contributed by atoms with van der Waals surface area (Å²) in [5.74, 6) is -0.325. The van der Waals surface area contributed by atoms with Crippen molar-refractivity contribution in [2.45, 2.75) is 4.90 Å². The van der Waals surface area contributed by atoms with E-state index in [0.29, 0.717) is 11.3 Å². The molecule has 1 amide bonds. The van der Waals surface area contributed by atoms with Gasteiger partial charge in [0.1, 0.15) is 4.90 Å². The number of anilines is 2. The van der Waals surface area contributed by atoms with Gasteiger partial charge in [-0.3, -0.25) is 14.5 Å². The summed E-state index contributed by atoms with van der Waals surface area (Å²) in [4.78, 5) is 16.0. The van der Waals surface area contributed by atoms with Crippen molar-refractivity contribution in [2.75, 3.05) is 10.0 Å². The van der Waals surface area contributed by atoms with Gasteiger partial charge >= 0.3 is 0 Å². The van der Waals surface area contributed by atoms with Crippen molar-refractivity contribution in [1.82, 2.24) is 4.98 Å². The number of benzene rings is 2. The number of pyridine rings is 1. The van der Waals surface area contributed by atoms with Crippen LogP contribution in [0.25, 0.3) is 0 Å². The highest BCUT2D eigenvalue weighted by molar-refractivity contribution is 7.92. The molecule has 3 aromatic rings. The molecule has 2 N–H and O–H groups in total. The SMILES string of the molecule is O=C(Nc1ccncc1)c1ccc(NS(=O)(=O)c2cc(Cl)ccc2Cl)cc1. The highest BCUT2D eigenvalue weighted by Crippen LogP contribution is 2.27. The first-order valence-electron chi connectivity index (χ1n) is 7.64. The van der Waals surface area contributed by atoms with Crippen LogP contribution < -0.4 is 10.0 Å². The van der Waals surface area contributed by atoms with Crippen LogP contribution in [0.4, 0.5) is 11.4 Å². The van der Waals surface area contributed by atoms with Crippen LogP contribution in [-0.4, -0.2) is 19.3 Å². The molecular weight excluding hydrogens is 409 g/mol. The lowest BCUT2D eigenvalue weighted by atomic mass is 10.2. The van der Waals surface area contributed by atoms with Crippen molar-refractivity contribution in [3.8, 4) is 0 Å². The van der Waals surface area contributed by atoms with E-state index in [0.717, 1.165) is 0 Å². The van der Waals surface area contributed by atoms with Gasteiger partial charge in [-0.2, -0.15) is 0 Å². The Morgan fingerprint density at radius 3 is 2.22 bits per heavy atom. The second-order valence-corrected chi connectivity index (χ2v) is 7.94. The van der Waals surface area contributed by atoms with E-state index < -0.39 is 10.0 Å². The van der Waals surface area contributed by atoms with E-state index in [2.05, 4.69) is 15.0 Å². The largest absolute Gasteiger partial charge is 0.322 e. The Balaban J connectivity index is 1.75. The fourth-order valence-electron chi connectivity index (χ4n) is 2.22. The molecule has 27 heavy (non-hydrogen) atoms. The number of carbonyl (C=O) groups excluding carboxylic acids is 1. The van der Waals surface area contributed by atoms with E-state index >= 15 is 0 Å². The quantitative estimate of drug-likeness (QED) is 0.636. The number of rotatable bonds is 5. The number of sulfonamides is 1. The maximum atomic E-state index is 12.5. The van der Waals surface area contributed by atoms with Gasteiger partial charge < -0.3 is 5.32 Å². The summed E-state index contributed by atoms with van der Waals surface area (Å²) in [5, 5.41) is 3.02. The van der Waals surface area contributed by atoms with Gasteiger partial charge in [-0.1, -0.05) is 23.2 Å². The minimum absolute atomic E-state index is 0.0558. The molecular formula is C18H13Cl2N3O3S. The number of aromatic nitrogens is 1. The molecule has 138 valence electrons. The molecule has 1 aromatic heterocycles. The molecule has 9 heteroatoms. The Kier molecular flexibility index (Phi) is 5.65. The number of hydrogen-bond acceptors (Lipinski definition) is 4. The maximum absolute atomic E-state index is 12.5. The fourth-order valence-corrected chi connectivity index (χ4v) is 4.04. The Bertz CT molecular complexity index is 1070. The average molecular weight is 422 g/mol. The van der Waals surface area contributed by atoms with Crippen molar-refractivity contribution in [3.63, 3.8) is 0 Å². The maximum Gasteiger partial charge on any atom is 0.263 e. The monoisotopic (exact) mass is 421 g/mol. The predicted molar refractivity (Wildman–Crippen MR) is 106 cm³/mol. The third kappa shape index (κ3) is 4.77. The van der Waals surface area contributed by atoms with Gasteiger partial charge in [0.25, 0.3) is 15.9 Å². The number of nitrogens with zero attached hydrogens (tertiary/aromatic N) is 1. The summed E-state index contributed by atoms with van der Waals surface area (Å²) in [7, 11) is -3.92. The first-order valence-corrected chi connectivity index (χ1v) is 9.88. The average Bonchev–Trinajstić information content (AvgIpc) is 2.64. The molecule has 0 aliphatic carbocycles. The topological polar surface area (TPSA) is 88.2 Å². The lowest BCUT2D eigenvalue weighted by molar-refractivity contribution is 0.102. The van der Waals surface area contributed by atoms with Crippen LogP contribution >= 0.6 is 23.2 Å². The molecule has 0 unspecified atom stereocenters. The van der Waals surface area contributed by atoms with Gasteiger partial charge in [-0.25, -0.2) is 8.42 Å². The fraction of sp³-hybridized carbons (Fsp3) is 0. The molecule has 0 aliphatic heterocycles. The van der Waals surface area contributed by atoms with E-state index in [1.165, 1.54) is 42.5 Å². The highest BCUT2D eigenvalue weighted by atomic mass is 35.5. The summed E-state index contributed by atoms with van der Waals surface area (Å²) in [5.41, 5.74) is 1.26. The van der Waals surface area contributed by atoms with Gasteiger partial charge in [0.2, 0.25) is 0 Å². The van der Waals surface area contributed by atoms with Crippen molar-refractivity contribution < 1.29 is 13.2 Å². The molecule has 2 aromatic carbocycles. The summed E-state index contributed by atoms with van der Waals surface area (Å²) < 4.78 is 27.4. The zero-order valence-electron chi connectivity index (χ0n) is 13.7. The van der Waals surface area contributed by atoms with Crippen LogP contribution in [0, 0.1) is 0 Å².